The van der Waals surface area contributed by atoms with Crippen LogP contribution in [0, 0.1) is 0 Å². The lowest BCUT2D eigenvalue weighted by atomic mass is 10.1. The zero-order valence-corrected chi connectivity index (χ0v) is 13.6. The molecule has 124 valence electrons. The van der Waals surface area contributed by atoms with Crippen molar-refractivity contribution in [1.82, 2.24) is 9.80 Å². The van der Waals surface area contributed by atoms with Crippen molar-refractivity contribution in [3.8, 4) is 5.75 Å². The quantitative estimate of drug-likeness (QED) is 0.785. The second kappa shape index (κ2) is 8.48. The molecule has 2 N–H and O–H groups in total. The summed E-state index contributed by atoms with van der Waals surface area (Å²) in [6.45, 7) is 6.87. The standard InChI is InChI=1S/C17H28N2O3/c1-14(11-15-3-5-16(20)6-4-15)18(2)12-17(21)13-19-7-9-22-10-8-19/h3-6,14,17,20-21H,7-13H2,1-2H3. The maximum Gasteiger partial charge on any atom is 0.115 e. The summed E-state index contributed by atoms with van der Waals surface area (Å²) in [4.78, 5) is 4.45. The van der Waals surface area contributed by atoms with Gasteiger partial charge in [0, 0.05) is 32.2 Å². The van der Waals surface area contributed by atoms with Crippen LogP contribution >= 0.6 is 0 Å². The maximum atomic E-state index is 10.3. The predicted molar refractivity (Wildman–Crippen MR) is 87.2 cm³/mol. The summed E-state index contributed by atoms with van der Waals surface area (Å²) in [6, 6.07) is 7.67. The number of aliphatic hydroxyl groups excluding tert-OH is 1. The molecule has 1 saturated heterocycles. The van der Waals surface area contributed by atoms with Gasteiger partial charge >= 0.3 is 0 Å². The third-order valence-electron chi connectivity index (χ3n) is 4.29. The topological polar surface area (TPSA) is 56.2 Å². The van der Waals surface area contributed by atoms with Gasteiger partial charge in [0.2, 0.25) is 0 Å². The molecule has 22 heavy (non-hydrogen) atoms. The van der Waals surface area contributed by atoms with Gasteiger partial charge in [-0.05, 0) is 38.1 Å². The maximum absolute atomic E-state index is 10.3. The largest absolute Gasteiger partial charge is 0.508 e. The van der Waals surface area contributed by atoms with Crippen LogP contribution in [0.15, 0.2) is 24.3 Å². The molecule has 2 atom stereocenters. The molecule has 1 aromatic rings. The van der Waals surface area contributed by atoms with E-state index in [0.29, 0.717) is 24.9 Å². The molecule has 1 aromatic carbocycles. The van der Waals surface area contributed by atoms with Gasteiger partial charge in [-0.2, -0.15) is 0 Å². The summed E-state index contributed by atoms with van der Waals surface area (Å²) >= 11 is 0. The summed E-state index contributed by atoms with van der Waals surface area (Å²) in [5, 5.41) is 19.6. The van der Waals surface area contributed by atoms with Crippen LogP contribution in [0.25, 0.3) is 0 Å². The van der Waals surface area contributed by atoms with Gasteiger partial charge < -0.3 is 19.8 Å². The number of β-amino-alcohol motifs (C(OH)–C–C–N with tert-alkyl or cyclic N) is 1. The van der Waals surface area contributed by atoms with Gasteiger partial charge in [0.25, 0.3) is 0 Å². The van der Waals surface area contributed by atoms with Crippen molar-refractivity contribution in [2.24, 2.45) is 0 Å². The lowest BCUT2D eigenvalue weighted by Crippen LogP contribution is -2.45. The van der Waals surface area contributed by atoms with E-state index in [1.54, 1.807) is 12.1 Å². The Hall–Kier alpha value is -1.14. The Bertz CT molecular complexity index is 432. The second-order valence-electron chi connectivity index (χ2n) is 6.23. The number of nitrogens with zero attached hydrogens (tertiary/aromatic N) is 2. The Morgan fingerprint density at radius 2 is 1.86 bits per heavy atom. The number of likely N-dealkylation sites (N-methyl/N-ethyl adjacent to an activating group) is 1. The number of hydrogen-bond acceptors (Lipinski definition) is 5. The molecule has 0 aromatic heterocycles. The van der Waals surface area contributed by atoms with Crippen LogP contribution in [0.3, 0.4) is 0 Å². The van der Waals surface area contributed by atoms with E-state index in [9.17, 15) is 10.2 Å². The molecule has 1 fully saturated rings. The summed E-state index contributed by atoms with van der Waals surface area (Å²) in [5.74, 6) is 0.297. The molecule has 0 radical (unpaired) electrons. The van der Waals surface area contributed by atoms with E-state index in [2.05, 4.69) is 16.7 Å². The van der Waals surface area contributed by atoms with Crippen LogP contribution in [0.1, 0.15) is 12.5 Å². The number of phenols is 1. The van der Waals surface area contributed by atoms with Crippen molar-refractivity contribution in [3.63, 3.8) is 0 Å². The molecule has 2 rings (SSSR count). The molecule has 1 heterocycles. The number of phenolic OH excluding ortho intramolecular Hbond substituents is 1. The van der Waals surface area contributed by atoms with Crippen LogP contribution in [0.4, 0.5) is 0 Å². The molecule has 0 saturated carbocycles. The van der Waals surface area contributed by atoms with Crippen molar-refractivity contribution in [1.29, 1.82) is 0 Å². The third kappa shape index (κ3) is 5.57. The highest BCUT2D eigenvalue weighted by atomic mass is 16.5. The number of rotatable bonds is 7. The molecular formula is C17H28N2O3. The number of morpholine rings is 1. The number of benzene rings is 1. The highest BCUT2D eigenvalue weighted by molar-refractivity contribution is 5.26. The van der Waals surface area contributed by atoms with Gasteiger partial charge in [0.1, 0.15) is 5.75 Å². The minimum absolute atomic E-state index is 0.297. The van der Waals surface area contributed by atoms with Crippen molar-refractivity contribution < 1.29 is 14.9 Å². The summed E-state index contributed by atoms with van der Waals surface area (Å²) < 4.78 is 5.32. The van der Waals surface area contributed by atoms with Gasteiger partial charge in [-0.25, -0.2) is 0 Å². The average Bonchev–Trinajstić information content (AvgIpc) is 2.50. The molecule has 2 unspecified atom stereocenters. The summed E-state index contributed by atoms with van der Waals surface area (Å²) in [6.07, 6.45) is 0.562. The highest BCUT2D eigenvalue weighted by Gasteiger charge is 2.18. The number of aromatic hydroxyl groups is 1. The van der Waals surface area contributed by atoms with Crippen molar-refractivity contribution in [2.75, 3.05) is 46.4 Å². The van der Waals surface area contributed by atoms with E-state index in [-0.39, 0.29) is 6.10 Å². The molecule has 0 amide bonds. The van der Waals surface area contributed by atoms with Gasteiger partial charge in [0.05, 0.1) is 19.3 Å². The first-order chi connectivity index (χ1) is 10.5. The fourth-order valence-electron chi connectivity index (χ4n) is 2.78. The SMILES string of the molecule is CC(Cc1ccc(O)cc1)N(C)CC(O)CN1CCOCC1. The number of aliphatic hydroxyl groups is 1. The van der Waals surface area contributed by atoms with E-state index >= 15 is 0 Å². The highest BCUT2D eigenvalue weighted by Crippen LogP contribution is 2.13. The average molecular weight is 308 g/mol. The Kier molecular flexibility index (Phi) is 6.64. The fourth-order valence-corrected chi connectivity index (χ4v) is 2.78. The zero-order chi connectivity index (χ0) is 15.9. The van der Waals surface area contributed by atoms with Crippen molar-refractivity contribution >= 4 is 0 Å². The van der Waals surface area contributed by atoms with Gasteiger partial charge in [-0.3, -0.25) is 4.90 Å². The Morgan fingerprint density at radius 1 is 1.23 bits per heavy atom. The summed E-state index contributed by atoms with van der Waals surface area (Å²) in [5.41, 5.74) is 1.19. The normalized spacial score (nSPS) is 19.3. The molecule has 1 aliphatic heterocycles. The first-order valence-corrected chi connectivity index (χ1v) is 8.01. The van der Waals surface area contributed by atoms with Crippen LogP contribution in [-0.4, -0.2) is 78.6 Å². The van der Waals surface area contributed by atoms with Crippen LogP contribution in [0.5, 0.6) is 5.75 Å². The number of ether oxygens (including phenoxy) is 1. The third-order valence-corrected chi connectivity index (χ3v) is 4.29. The molecule has 0 bridgehead atoms. The van der Waals surface area contributed by atoms with Gasteiger partial charge in [0.15, 0.2) is 0 Å². The number of hydrogen-bond donors (Lipinski definition) is 2. The Balaban J connectivity index is 1.74. The van der Waals surface area contributed by atoms with Gasteiger partial charge in [-0.15, -0.1) is 0 Å². The molecule has 0 spiro atoms. The summed E-state index contributed by atoms with van der Waals surface area (Å²) in [7, 11) is 2.05. The van der Waals surface area contributed by atoms with Crippen LogP contribution in [0.2, 0.25) is 0 Å². The molecule has 5 nitrogen and oxygen atoms in total. The monoisotopic (exact) mass is 308 g/mol. The molecule has 1 aliphatic rings. The smallest absolute Gasteiger partial charge is 0.115 e. The van der Waals surface area contributed by atoms with Crippen molar-refractivity contribution in [2.45, 2.75) is 25.5 Å². The Morgan fingerprint density at radius 3 is 2.50 bits per heavy atom. The van der Waals surface area contributed by atoms with Crippen LogP contribution < -0.4 is 0 Å². The first kappa shape index (κ1) is 17.2. The van der Waals surface area contributed by atoms with Crippen LogP contribution in [-0.2, 0) is 11.2 Å². The van der Waals surface area contributed by atoms with E-state index in [1.165, 1.54) is 5.56 Å². The minimum atomic E-state index is -0.342. The Labute approximate surface area is 133 Å². The molecule has 0 aliphatic carbocycles. The molecular weight excluding hydrogens is 280 g/mol. The minimum Gasteiger partial charge on any atom is -0.508 e. The van der Waals surface area contributed by atoms with E-state index in [1.807, 2.05) is 19.2 Å². The van der Waals surface area contributed by atoms with Gasteiger partial charge in [-0.1, -0.05) is 12.1 Å². The second-order valence-corrected chi connectivity index (χ2v) is 6.23. The zero-order valence-electron chi connectivity index (χ0n) is 13.6. The lowest BCUT2D eigenvalue weighted by Gasteiger charge is -2.32. The molecule has 5 heteroatoms. The van der Waals surface area contributed by atoms with E-state index in [4.69, 9.17) is 4.74 Å². The predicted octanol–water partition coefficient (Wildman–Crippen LogP) is 0.948. The van der Waals surface area contributed by atoms with E-state index in [0.717, 1.165) is 32.7 Å². The van der Waals surface area contributed by atoms with E-state index < -0.39 is 0 Å². The first-order valence-electron chi connectivity index (χ1n) is 8.01. The van der Waals surface area contributed by atoms with Crippen molar-refractivity contribution in [3.05, 3.63) is 29.8 Å². The lowest BCUT2D eigenvalue weighted by molar-refractivity contribution is 0.00634. The fraction of sp³-hybridized carbons (Fsp3) is 0.647.